The molecule has 0 bridgehead atoms. The lowest BCUT2D eigenvalue weighted by atomic mass is 10.0. The van der Waals surface area contributed by atoms with Crippen LogP contribution in [0, 0.1) is 0 Å². The van der Waals surface area contributed by atoms with E-state index in [2.05, 4.69) is 24.5 Å². The first kappa shape index (κ1) is 19.3. The fourth-order valence-electron chi connectivity index (χ4n) is 2.28. The van der Waals surface area contributed by atoms with Crippen molar-refractivity contribution in [1.29, 1.82) is 0 Å². The molecule has 0 aliphatic heterocycles. The molecule has 1 amide bonds. The number of rotatable bonds is 7. The lowest BCUT2D eigenvalue weighted by Crippen LogP contribution is -2.43. The Morgan fingerprint density at radius 3 is 2.26 bits per heavy atom. The molecule has 0 aliphatic rings. The second kappa shape index (κ2) is 8.77. The van der Waals surface area contributed by atoms with Gasteiger partial charge in [-0.2, -0.15) is 0 Å². The second-order valence-electron chi connectivity index (χ2n) is 6.71. The maximum atomic E-state index is 11.8. The standard InChI is InChI=1S/C18H30N2O3/c1-6-14(12-19-17(22)23-18(3,4)5)20-16(7-2)13-8-10-15(21)11-9-13/h8-11,14,16,20-21H,6-7,12H2,1-5H3,(H,19,22). The van der Waals surface area contributed by atoms with Crippen molar-refractivity contribution in [3.05, 3.63) is 29.8 Å². The lowest BCUT2D eigenvalue weighted by Gasteiger charge is -2.26. The summed E-state index contributed by atoms with van der Waals surface area (Å²) in [5.74, 6) is 0.266. The largest absolute Gasteiger partial charge is 0.508 e. The highest BCUT2D eigenvalue weighted by atomic mass is 16.6. The summed E-state index contributed by atoms with van der Waals surface area (Å²) >= 11 is 0. The molecule has 1 rings (SSSR count). The van der Waals surface area contributed by atoms with Gasteiger partial charge in [0.25, 0.3) is 0 Å². The quantitative estimate of drug-likeness (QED) is 0.715. The van der Waals surface area contributed by atoms with Crippen LogP contribution in [0.3, 0.4) is 0 Å². The van der Waals surface area contributed by atoms with Gasteiger partial charge in [0.1, 0.15) is 11.4 Å². The smallest absolute Gasteiger partial charge is 0.407 e. The first-order valence-corrected chi connectivity index (χ1v) is 8.27. The summed E-state index contributed by atoms with van der Waals surface area (Å²) in [6.07, 6.45) is 1.42. The third-order valence-electron chi connectivity index (χ3n) is 3.53. The number of nitrogens with one attached hydrogen (secondary N) is 2. The monoisotopic (exact) mass is 322 g/mol. The zero-order valence-corrected chi connectivity index (χ0v) is 14.8. The molecular formula is C18H30N2O3. The van der Waals surface area contributed by atoms with Crippen molar-refractivity contribution in [3.63, 3.8) is 0 Å². The van der Waals surface area contributed by atoms with Crippen molar-refractivity contribution in [2.24, 2.45) is 0 Å². The number of carbonyl (C=O) groups is 1. The molecule has 0 saturated carbocycles. The van der Waals surface area contributed by atoms with E-state index in [-0.39, 0.29) is 17.8 Å². The van der Waals surface area contributed by atoms with Crippen LogP contribution in [-0.2, 0) is 4.74 Å². The Balaban J connectivity index is 2.56. The molecule has 1 aromatic rings. The van der Waals surface area contributed by atoms with Gasteiger partial charge in [-0.05, 0) is 51.3 Å². The van der Waals surface area contributed by atoms with Gasteiger partial charge in [0.15, 0.2) is 0 Å². The Kier molecular flexibility index (Phi) is 7.36. The molecule has 0 radical (unpaired) electrons. The third-order valence-corrected chi connectivity index (χ3v) is 3.53. The summed E-state index contributed by atoms with van der Waals surface area (Å²) in [4.78, 5) is 11.8. The summed E-state index contributed by atoms with van der Waals surface area (Å²) in [7, 11) is 0. The summed E-state index contributed by atoms with van der Waals surface area (Å²) in [6, 6.07) is 7.57. The average molecular weight is 322 g/mol. The van der Waals surface area contributed by atoms with Crippen LogP contribution >= 0.6 is 0 Å². The van der Waals surface area contributed by atoms with Crippen LogP contribution in [0.1, 0.15) is 59.1 Å². The molecule has 0 aliphatic carbocycles. The SMILES string of the molecule is CCC(CNC(=O)OC(C)(C)C)NC(CC)c1ccc(O)cc1. The van der Waals surface area contributed by atoms with Gasteiger partial charge in [-0.1, -0.05) is 26.0 Å². The van der Waals surface area contributed by atoms with Gasteiger partial charge in [-0.25, -0.2) is 4.79 Å². The minimum Gasteiger partial charge on any atom is -0.508 e. The lowest BCUT2D eigenvalue weighted by molar-refractivity contribution is 0.0521. The minimum absolute atomic E-state index is 0.154. The van der Waals surface area contributed by atoms with Crippen LogP contribution in [0.15, 0.2) is 24.3 Å². The van der Waals surface area contributed by atoms with Gasteiger partial charge >= 0.3 is 6.09 Å². The fraction of sp³-hybridized carbons (Fsp3) is 0.611. The molecule has 130 valence electrons. The average Bonchev–Trinajstić information content (AvgIpc) is 2.47. The van der Waals surface area contributed by atoms with Gasteiger partial charge in [-0.15, -0.1) is 0 Å². The highest BCUT2D eigenvalue weighted by Crippen LogP contribution is 2.20. The van der Waals surface area contributed by atoms with Crippen molar-refractivity contribution in [2.45, 2.75) is 65.1 Å². The second-order valence-corrected chi connectivity index (χ2v) is 6.71. The summed E-state index contributed by atoms with van der Waals surface area (Å²) in [5, 5.41) is 15.8. The number of alkyl carbamates (subject to hydrolysis) is 1. The van der Waals surface area contributed by atoms with Crippen molar-refractivity contribution in [1.82, 2.24) is 10.6 Å². The van der Waals surface area contributed by atoms with E-state index in [1.807, 2.05) is 32.9 Å². The molecule has 2 atom stereocenters. The maximum Gasteiger partial charge on any atom is 0.407 e. The predicted molar refractivity (Wildman–Crippen MR) is 92.6 cm³/mol. The zero-order chi connectivity index (χ0) is 17.5. The van der Waals surface area contributed by atoms with Gasteiger partial charge in [0.2, 0.25) is 0 Å². The molecule has 5 nitrogen and oxygen atoms in total. The number of phenols is 1. The van der Waals surface area contributed by atoms with E-state index in [1.54, 1.807) is 12.1 Å². The first-order valence-electron chi connectivity index (χ1n) is 8.27. The number of aromatic hydroxyl groups is 1. The highest BCUT2D eigenvalue weighted by Gasteiger charge is 2.18. The molecule has 0 heterocycles. The fourth-order valence-corrected chi connectivity index (χ4v) is 2.28. The number of hydrogen-bond acceptors (Lipinski definition) is 4. The van der Waals surface area contributed by atoms with Gasteiger partial charge < -0.3 is 20.5 Å². The summed E-state index contributed by atoms with van der Waals surface area (Å²) in [5.41, 5.74) is 0.637. The molecule has 2 unspecified atom stereocenters. The van der Waals surface area contributed by atoms with Crippen molar-refractivity contribution >= 4 is 6.09 Å². The van der Waals surface area contributed by atoms with E-state index in [4.69, 9.17) is 4.74 Å². The third kappa shape index (κ3) is 7.37. The minimum atomic E-state index is -0.489. The molecule has 0 aromatic heterocycles. The number of phenolic OH excluding ortho intramolecular Hbond substituents is 1. The summed E-state index contributed by atoms with van der Waals surface area (Å²) < 4.78 is 5.26. The number of amides is 1. The number of hydrogen-bond donors (Lipinski definition) is 3. The topological polar surface area (TPSA) is 70.6 Å². The van der Waals surface area contributed by atoms with Crippen LogP contribution in [0.4, 0.5) is 4.79 Å². The Hall–Kier alpha value is -1.75. The maximum absolute atomic E-state index is 11.8. The molecule has 5 heteroatoms. The van der Waals surface area contributed by atoms with E-state index in [0.717, 1.165) is 18.4 Å². The number of benzene rings is 1. The Bertz CT molecular complexity index is 480. The Morgan fingerprint density at radius 1 is 1.17 bits per heavy atom. The number of carbonyl (C=O) groups excluding carboxylic acids is 1. The molecule has 3 N–H and O–H groups in total. The van der Waals surface area contributed by atoms with E-state index in [0.29, 0.717) is 6.54 Å². The number of ether oxygens (including phenoxy) is 1. The van der Waals surface area contributed by atoms with Crippen LogP contribution in [-0.4, -0.2) is 29.4 Å². The van der Waals surface area contributed by atoms with Gasteiger partial charge in [0, 0.05) is 18.6 Å². The Morgan fingerprint density at radius 2 is 1.78 bits per heavy atom. The molecule has 0 spiro atoms. The van der Waals surface area contributed by atoms with Crippen LogP contribution in [0.25, 0.3) is 0 Å². The molecule has 23 heavy (non-hydrogen) atoms. The normalized spacial score (nSPS) is 14.1. The van der Waals surface area contributed by atoms with E-state index >= 15 is 0 Å². The van der Waals surface area contributed by atoms with Crippen molar-refractivity contribution < 1.29 is 14.6 Å². The zero-order valence-electron chi connectivity index (χ0n) is 14.8. The molecule has 1 aromatic carbocycles. The Labute approximate surface area is 139 Å². The molecule has 0 saturated heterocycles. The highest BCUT2D eigenvalue weighted by molar-refractivity contribution is 5.67. The predicted octanol–water partition coefficient (Wildman–Crippen LogP) is 3.74. The van der Waals surface area contributed by atoms with Crippen molar-refractivity contribution in [2.75, 3.05) is 6.54 Å². The van der Waals surface area contributed by atoms with Gasteiger partial charge in [0.05, 0.1) is 0 Å². The summed E-state index contributed by atoms with van der Waals surface area (Å²) in [6.45, 7) is 10.2. The first-order chi connectivity index (χ1) is 10.7. The van der Waals surface area contributed by atoms with Crippen LogP contribution < -0.4 is 10.6 Å². The van der Waals surface area contributed by atoms with Crippen LogP contribution in [0.2, 0.25) is 0 Å². The van der Waals surface area contributed by atoms with E-state index in [9.17, 15) is 9.90 Å². The molecule has 0 fully saturated rings. The van der Waals surface area contributed by atoms with E-state index < -0.39 is 11.7 Å². The molecular weight excluding hydrogens is 292 g/mol. The van der Waals surface area contributed by atoms with Gasteiger partial charge in [-0.3, -0.25) is 0 Å². The van der Waals surface area contributed by atoms with Crippen molar-refractivity contribution in [3.8, 4) is 5.75 Å². The van der Waals surface area contributed by atoms with E-state index in [1.165, 1.54) is 0 Å². The van der Waals surface area contributed by atoms with Crippen LogP contribution in [0.5, 0.6) is 5.75 Å².